The minimum absolute atomic E-state index is 0.00314. The summed E-state index contributed by atoms with van der Waals surface area (Å²) < 4.78 is 11.9. The summed E-state index contributed by atoms with van der Waals surface area (Å²) in [4.78, 5) is 53.8. The van der Waals surface area contributed by atoms with Crippen LogP contribution in [-0.2, 0) is 33.8 Å². The molecular weight excluding hydrogens is 540 g/mol. The Balaban J connectivity index is 1.91. The summed E-state index contributed by atoms with van der Waals surface area (Å²) in [5.74, 6) is -0.107. The number of aryl methyl sites for hydroxylation is 1. The maximum Gasteiger partial charge on any atom is 0.344 e. The van der Waals surface area contributed by atoms with Crippen molar-refractivity contribution in [3.63, 3.8) is 0 Å². The fraction of sp³-hybridized carbons (Fsp3) is 0.357. The van der Waals surface area contributed by atoms with Gasteiger partial charge in [-0.3, -0.25) is 24.3 Å². The minimum atomic E-state index is -0.536. The first-order valence-corrected chi connectivity index (χ1v) is 13.1. The van der Waals surface area contributed by atoms with E-state index in [-0.39, 0.29) is 54.6 Å². The third-order valence-electron chi connectivity index (χ3n) is 5.82. The highest BCUT2D eigenvalue weighted by Gasteiger charge is 2.21. The number of nitrogens with zero attached hydrogens (tertiary/aromatic N) is 3. The average Bonchev–Trinajstić information content (AvgIpc) is 2.90. The van der Waals surface area contributed by atoms with Gasteiger partial charge in [0.15, 0.2) is 6.61 Å². The van der Waals surface area contributed by atoms with Gasteiger partial charge in [0.2, 0.25) is 5.91 Å². The lowest BCUT2D eigenvalue weighted by molar-refractivity contribution is -0.384. The number of rotatable bonds is 12. The van der Waals surface area contributed by atoms with Crippen molar-refractivity contribution in [1.29, 1.82) is 0 Å². The highest BCUT2D eigenvalue weighted by atomic mass is 35.5. The number of nitro benzene ring substituents is 1. The lowest BCUT2D eigenvalue weighted by Crippen LogP contribution is -2.33. The van der Waals surface area contributed by atoms with Crippen molar-refractivity contribution in [2.24, 2.45) is 5.92 Å². The predicted octanol–water partition coefficient (Wildman–Crippen LogP) is 4.24. The SMILES string of the molecule is CCOC(=O)COc1ccc(Cl)cc1CNC(=O)Cc1c(-c2cccc([N+](=O)[O-])c2)nc(C)n(CC(C)C)c1=O. The molecule has 0 bridgehead atoms. The van der Waals surface area contributed by atoms with Crippen molar-refractivity contribution in [2.45, 2.75) is 47.2 Å². The molecule has 0 fully saturated rings. The topological polar surface area (TPSA) is 143 Å². The van der Waals surface area contributed by atoms with E-state index in [0.717, 1.165) is 0 Å². The number of amides is 1. The maximum atomic E-state index is 13.6. The van der Waals surface area contributed by atoms with Crippen molar-refractivity contribution >= 4 is 29.2 Å². The Bertz CT molecular complexity index is 1470. The number of non-ortho nitro benzene ring substituents is 1. The minimum Gasteiger partial charge on any atom is -0.482 e. The van der Waals surface area contributed by atoms with E-state index in [9.17, 15) is 24.5 Å². The Morgan fingerprint density at radius 1 is 1.20 bits per heavy atom. The summed E-state index contributed by atoms with van der Waals surface area (Å²) in [5, 5.41) is 14.5. The molecule has 0 aliphatic heterocycles. The van der Waals surface area contributed by atoms with Crippen molar-refractivity contribution in [1.82, 2.24) is 14.9 Å². The molecule has 40 heavy (non-hydrogen) atoms. The Morgan fingerprint density at radius 2 is 1.95 bits per heavy atom. The number of ether oxygens (including phenoxy) is 2. The maximum absolute atomic E-state index is 13.6. The summed E-state index contributed by atoms with van der Waals surface area (Å²) in [6, 6.07) is 10.6. The van der Waals surface area contributed by atoms with Crippen LogP contribution in [0.15, 0.2) is 47.3 Å². The summed E-state index contributed by atoms with van der Waals surface area (Å²) in [7, 11) is 0. The molecular formula is C28H31ClN4O7. The van der Waals surface area contributed by atoms with Gasteiger partial charge in [-0.1, -0.05) is 37.6 Å². The van der Waals surface area contributed by atoms with E-state index in [4.69, 9.17) is 21.1 Å². The van der Waals surface area contributed by atoms with Gasteiger partial charge < -0.3 is 14.8 Å². The average molecular weight is 571 g/mol. The summed E-state index contributed by atoms with van der Waals surface area (Å²) in [5.41, 5.74) is 0.660. The number of benzene rings is 2. The number of nitro groups is 1. The van der Waals surface area contributed by atoms with Crippen molar-refractivity contribution in [3.05, 3.63) is 84.9 Å². The molecule has 1 amide bonds. The lowest BCUT2D eigenvalue weighted by Gasteiger charge is -2.17. The Kier molecular flexibility index (Phi) is 10.4. The van der Waals surface area contributed by atoms with E-state index in [1.54, 1.807) is 38.1 Å². The molecule has 3 rings (SSSR count). The molecule has 0 saturated heterocycles. The van der Waals surface area contributed by atoms with Gasteiger partial charge in [-0.2, -0.15) is 0 Å². The largest absolute Gasteiger partial charge is 0.482 e. The standard InChI is InChI=1S/C28H31ClN4O7/c1-5-39-26(35)16-40-24-10-9-21(29)11-20(24)14-30-25(34)13-23-27(19-7-6-8-22(12-19)33(37)38)31-18(4)32(28(23)36)15-17(2)3/h6-12,17H,5,13-16H2,1-4H3,(H,30,34). The number of nitrogens with one attached hydrogen (secondary N) is 1. The predicted molar refractivity (Wildman–Crippen MR) is 149 cm³/mol. The number of halogens is 1. The smallest absolute Gasteiger partial charge is 0.344 e. The molecule has 0 atom stereocenters. The molecule has 11 nitrogen and oxygen atoms in total. The van der Waals surface area contributed by atoms with E-state index in [1.165, 1.54) is 22.8 Å². The fourth-order valence-electron chi connectivity index (χ4n) is 4.03. The fourth-order valence-corrected chi connectivity index (χ4v) is 4.22. The van der Waals surface area contributed by atoms with E-state index < -0.39 is 16.8 Å². The highest BCUT2D eigenvalue weighted by Crippen LogP contribution is 2.26. The van der Waals surface area contributed by atoms with Crippen LogP contribution in [-0.4, -0.2) is 39.6 Å². The zero-order valence-corrected chi connectivity index (χ0v) is 23.5. The first-order chi connectivity index (χ1) is 19.0. The molecule has 1 aromatic heterocycles. The molecule has 3 aromatic rings. The number of hydrogen-bond acceptors (Lipinski definition) is 8. The second kappa shape index (κ2) is 13.7. The monoisotopic (exact) mass is 570 g/mol. The van der Waals surface area contributed by atoms with Gasteiger partial charge in [0, 0.05) is 41.4 Å². The Labute approximate surface area is 236 Å². The van der Waals surface area contributed by atoms with Crippen molar-refractivity contribution in [2.75, 3.05) is 13.2 Å². The third kappa shape index (κ3) is 7.89. The second-order valence-electron chi connectivity index (χ2n) is 9.40. The van der Waals surface area contributed by atoms with Gasteiger partial charge >= 0.3 is 5.97 Å². The molecule has 2 aromatic carbocycles. The van der Waals surface area contributed by atoms with Crippen LogP contribution >= 0.6 is 11.6 Å². The molecule has 212 valence electrons. The van der Waals surface area contributed by atoms with E-state index in [2.05, 4.69) is 10.3 Å². The van der Waals surface area contributed by atoms with E-state index >= 15 is 0 Å². The Morgan fingerprint density at radius 3 is 2.62 bits per heavy atom. The van der Waals surface area contributed by atoms with Gasteiger partial charge in [-0.25, -0.2) is 9.78 Å². The van der Waals surface area contributed by atoms with Crippen LogP contribution < -0.4 is 15.6 Å². The number of aromatic nitrogens is 2. The van der Waals surface area contributed by atoms with Crippen LogP contribution in [0.5, 0.6) is 5.75 Å². The van der Waals surface area contributed by atoms with Gasteiger partial charge in [0.1, 0.15) is 11.6 Å². The third-order valence-corrected chi connectivity index (χ3v) is 6.05. The number of esters is 1. The van der Waals surface area contributed by atoms with Crippen LogP contribution in [0.3, 0.4) is 0 Å². The molecule has 0 spiro atoms. The molecule has 1 heterocycles. The first kappa shape index (κ1) is 30.3. The molecule has 0 radical (unpaired) electrons. The van der Waals surface area contributed by atoms with Gasteiger partial charge in [-0.05, 0) is 38.0 Å². The summed E-state index contributed by atoms with van der Waals surface area (Å²) in [6.45, 7) is 7.59. The zero-order valence-electron chi connectivity index (χ0n) is 22.7. The molecule has 1 N–H and O–H groups in total. The van der Waals surface area contributed by atoms with Gasteiger partial charge in [0.25, 0.3) is 11.2 Å². The molecule has 0 aliphatic rings. The highest BCUT2D eigenvalue weighted by molar-refractivity contribution is 6.30. The summed E-state index contributed by atoms with van der Waals surface area (Å²) >= 11 is 6.13. The molecule has 0 unspecified atom stereocenters. The summed E-state index contributed by atoms with van der Waals surface area (Å²) in [6.07, 6.45) is -0.318. The van der Waals surface area contributed by atoms with E-state index in [0.29, 0.717) is 34.3 Å². The number of carbonyl (C=O) groups is 2. The van der Waals surface area contributed by atoms with Crippen LogP contribution in [0.25, 0.3) is 11.3 Å². The molecule has 12 heteroatoms. The normalized spacial score (nSPS) is 10.8. The molecule has 0 saturated carbocycles. The van der Waals surface area contributed by atoms with Crippen LogP contribution in [0, 0.1) is 23.0 Å². The quantitative estimate of drug-likeness (QED) is 0.193. The van der Waals surface area contributed by atoms with E-state index in [1.807, 2.05) is 13.8 Å². The van der Waals surface area contributed by atoms with Crippen LogP contribution in [0.1, 0.15) is 37.7 Å². The van der Waals surface area contributed by atoms with Gasteiger partial charge in [-0.15, -0.1) is 0 Å². The second-order valence-corrected chi connectivity index (χ2v) is 9.84. The number of hydrogen-bond donors (Lipinski definition) is 1. The van der Waals surface area contributed by atoms with Crippen molar-refractivity contribution in [3.8, 4) is 17.0 Å². The van der Waals surface area contributed by atoms with Gasteiger partial charge in [0.05, 0.1) is 29.2 Å². The van der Waals surface area contributed by atoms with Crippen LogP contribution in [0.2, 0.25) is 5.02 Å². The van der Waals surface area contributed by atoms with Crippen LogP contribution in [0.4, 0.5) is 5.69 Å². The zero-order chi connectivity index (χ0) is 29.4. The molecule has 0 aliphatic carbocycles. The first-order valence-electron chi connectivity index (χ1n) is 12.7. The Hall–Kier alpha value is -4.25. The lowest BCUT2D eigenvalue weighted by atomic mass is 10.0. The number of carbonyl (C=O) groups excluding carboxylic acids is 2. The van der Waals surface area contributed by atoms with Crippen molar-refractivity contribution < 1.29 is 24.0 Å².